The fourth-order valence-corrected chi connectivity index (χ4v) is 3.59. The van der Waals surface area contributed by atoms with Gasteiger partial charge in [0.15, 0.2) is 0 Å². The van der Waals surface area contributed by atoms with Crippen molar-refractivity contribution in [3.63, 3.8) is 0 Å². The van der Waals surface area contributed by atoms with E-state index in [1.807, 2.05) is 60.7 Å². The van der Waals surface area contributed by atoms with E-state index in [1.165, 1.54) is 11.8 Å². The number of amides is 1. The third kappa shape index (κ3) is 6.35. The van der Waals surface area contributed by atoms with Crippen LogP contribution in [0.1, 0.15) is 10.8 Å². The van der Waals surface area contributed by atoms with Crippen LogP contribution in [0, 0.1) is 0 Å². The molecular formula is C17H20N2O3S2. The number of benzene rings is 2. The van der Waals surface area contributed by atoms with Crippen molar-refractivity contribution in [2.45, 2.75) is 10.1 Å². The van der Waals surface area contributed by atoms with Crippen LogP contribution in [0.2, 0.25) is 0 Å². The molecule has 0 aliphatic rings. The maximum atomic E-state index is 12.6. The van der Waals surface area contributed by atoms with E-state index in [0.29, 0.717) is 0 Å². The van der Waals surface area contributed by atoms with Crippen LogP contribution in [-0.2, 0) is 14.8 Å². The molecule has 0 saturated carbocycles. The second-order valence-corrected chi connectivity index (χ2v) is 8.19. The first kappa shape index (κ1) is 18.5. The SMILES string of the molecule is CS(=O)(=O)NCCNC(=O)C(Sc1ccccc1)c1ccccc1. The van der Waals surface area contributed by atoms with Gasteiger partial charge < -0.3 is 5.32 Å². The first-order chi connectivity index (χ1) is 11.5. The molecule has 2 aromatic rings. The molecule has 0 saturated heterocycles. The third-order valence-electron chi connectivity index (χ3n) is 3.13. The van der Waals surface area contributed by atoms with Crippen LogP contribution in [0.25, 0.3) is 0 Å². The van der Waals surface area contributed by atoms with E-state index in [1.54, 1.807) is 0 Å². The highest BCUT2D eigenvalue weighted by Crippen LogP contribution is 2.35. The zero-order chi connectivity index (χ0) is 17.4. The van der Waals surface area contributed by atoms with Gasteiger partial charge in [-0.2, -0.15) is 0 Å². The number of hydrogen-bond donors (Lipinski definition) is 2. The highest BCUT2D eigenvalue weighted by molar-refractivity contribution is 8.00. The molecule has 1 unspecified atom stereocenters. The molecule has 0 aromatic heterocycles. The lowest BCUT2D eigenvalue weighted by Gasteiger charge is -2.17. The highest BCUT2D eigenvalue weighted by atomic mass is 32.2. The van der Waals surface area contributed by atoms with E-state index in [0.717, 1.165) is 16.7 Å². The molecular weight excluding hydrogens is 344 g/mol. The van der Waals surface area contributed by atoms with E-state index >= 15 is 0 Å². The summed E-state index contributed by atoms with van der Waals surface area (Å²) in [4.78, 5) is 13.6. The second kappa shape index (κ2) is 8.86. The van der Waals surface area contributed by atoms with Crippen molar-refractivity contribution < 1.29 is 13.2 Å². The van der Waals surface area contributed by atoms with Gasteiger partial charge in [-0.25, -0.2) is 13.1 Å². The number of carbonyl (C=O) groups excluding carboxylic acids is 1. The Balaban J connectivity index is 2.04. The lowest BCUT2D eigenvalue weighted by Crippen LogP contribution is -2.36. The van der Waals surface area contributed by atoms with E-state index in [4.69, 9.17) is 0 Å². The van der Waals surface area contributed by atoms with Gasteiger partial charge in [0.1, 0.15) is 5.25 Å². The van der Waals surface area contributed by atoms with E-state index in [9.17, 15) is 13.2 Å². The zero-order valence-corrected chi connectivity index (χ0v) is 14.9. The summed E-state index contributed by atoms with van der Waals surface area (Å²) in [7, 11) is -3.25. The molecule has 0 aliphatic heterocycles. The van der Waals surface area contributed by atoms with Crippen LogP contribution in [0.3, 0.4) is 0 Å². The minimum absolute atomic E-state index is 0.148. The highest BCUT2D eigenvalue weighted by Gasteiger charge is 2.21. The predicted octanol–water partition coefficient (Wildman–Crippen LogP) is 2.19. The third-order valence-corrected chi connectivity index (χ3v) is 5.12. The largest absolute Gasteiger partial charge is 0.354 e. The molecule has 0 aliphatic carbocycles. The van der Waals surface area contributed by atoms with Crippen molar-refractivity contribution in [1.29, 1.82) is 0 Å². The van der Waals surface area contributed by atoms with Gasteiger partial charge in [-0.15, -0.1) is 11.8 Å². The Morgan fingerprint density at radius 2 is 1.58 bits per heavy atom. The van der Waals surface area contributed by atoms with Crippen molar-refractivity contribution in [1.82, 2.24) is 10.0 Å². The number of sulfonamides is 1. The molecule has 128 valence electrons. The average molecular weight is 364 g/mol. The predicted molar refractivity (Wildman–Crippen MR) is 97.3 cm³/mol. The van der Waals surface area contributed by atoms with Gasteiger partial charge >= 0.3 is 0 Å². The minimum Gasteiger partial charge on any atom is -0.354 e. The summed E-state index contributed by atoms with van der Waals surface area (Å²) in [5.74, 6) is -0.148. The summed E-state index contributed by atoms with van der Waals surface area (Å²) >= 11 is 1.46. The molecule has 0 spiro atoms. The lowest BCUT2D eigenvalue weighted by molar-refractivity contribution is -0.120. The Kier molecular flexibility index (Phi) is 6.84. The van der Waals surface area contributed by atoms with Gasteiger partial charge in [0, 0.05) is 18.0 Å². The van der Waals surface area contributed by atoms with Crippen LogP contribution in [0.4, 0.5) is 0 Å². The van der Waals surface area contributed by atoms with E-state index in [2.05, 4.69) is 10.0 Å². The van der Waals surface area contributed by atoms with Crippen LogP contribution >= 0.6 is 11.8 Å². The molecule has 1 atom stereocenters. The van der Waals surface area contributed by atoms with Gasteiger partial charge in [-0.3, -0.25) is 4.79 Å². The smallest absolute Gasteiger partial charge is 0.238 e. The van der Waals surface area contributed by atoms with Crippen LogP contribution < -0.4 is 10.0 Å². The van der Waals surface area contributed by atoms with Crippen LogP contribution in [0.5, 0.6) is 0 Å². The maximum Gasteiger partial charge on any atom is 0.238 e. The van der Waals surface area contributed by atoms with Crippen molar-refractivity contribution in [2.75, 3.05) is 19.3 Å². The monoisotopic (exact) mass is 364 g/mol. The van der Waals surface area contributed by atoms with Crippen LogP contribution in [0.15, 0.2) is 65.6 Å². The molecule has 24 heavy (non-hydrogen) atoms. The van der Waals surface area contributed by atoms with Crippen LogP contribution in [-0.4, -0.2) is 33.7 Å². The van der Waals surface area contributed by atoms with Gasteiger partial charge in [0.25, 0.3) is 0 Å². The average Bonchev–Trinajstić information content (AvgIpc) is 2.57. The summed E-state index contributed by atoms with van der Waals surface area (Å²) < 4.78 is 24.4. The van der Waals surface area contributed by atoms with E-state index < -0.39 is 15.3 Å². The number of thioether (sulfide) groups is 1. The van der Waals surface area contributed by atoms with Crippen molar-refractivity contribution in [3.05, 3.63) is 66.2 Å². The van der Waals surface area contributed by atoms with Gasteiger partial charge in [0.05, 0.1) is 6.26 Å². The number of carbonyl (C=O) groups is 1. The summed E-state index contributed by atoms with van der Waals surface area (Å²) in [5.41, 5.74) is 0.903. The molecule has 0 heterocycles. The Labute approximate surface area is 146 Å². The summed E-state index contributed by atoms with van der Waals surface area (Å²) in [5, 5.41) is 2.39. The van der Waals surface area contributed by atoms with Gasteiger partial charge in [-0.05, 0) is 17.7 Å². The number of rotatable bonds is 8. The Morgan fingerprint density at radius 3 is 2.17 bits per heavy atom. The second-order valence-electron chi connectivity index (χ2n) is 5.18. The van der Waals surface area contributed by atoms with Gasteiger partial charge in [-0.1, -0.05) is 48.5 Å². The fourth-order valence-electron chi connectivity index (χ4n) is 2.05. The van der Waals surface area contributed by atoms with Crippen molar-refractivity contribution >= 4 is 27.7 Å². The first-order valence-electron chi connectivity index (χ1n) is 7.45. The number of nitrogens with one attached hydrogen (secondary N) is 2. The minimum atomic E-state index is -3.25. The molecule has 0 bridgehead atoms. The summed E-state index contributed by atoms with van der Waals surface area (Å²) in [6, 6.07) is 19.2. The van der Waals surface area contributed by atoms with Gasteiger partial charge in [0.2, 0.25) is 15.9 Å². The standard InChI is InChI=1S/C17H20N2O3S2/c1-24(21,22)19-13-12-18-17(20)16(14-8-4-2-5-9-14)23-15-10-6-3-7-11-15/h2-11,16,19H,12-13H2,1H3,(H,18,20). The fraction of sp³-hybridized carbons (Fsp3) is 0.235. The Bertz CT molecular complexity index is 750. The molecule has 1 amide bonds. The maximum absolute atomic E-state index is 12.6. The molecule has 2 aromatic carbocycles. The normalized spacial score (nSPS) is 12.5. The van der Waals surface area contributed by atoms with Crippen molar-refractivity contribution in [2.24, 2.45) is 0 Å². The zero-order valence-electron chi connectivity index (χ0n) is 13.3. The Morgan fingerprint density at radius 1 is 1.00 bits per heavy atom. The molecule has 2 rings (SSSR count). The summed E-state index contributed by atoms with van der Waals surface area (Å²) in [6.45, 7) is 0.409. The molecule has 0 radical (unpaired) electrons. The molecule has 2 N–H and O–H groups in total. The lowest BCUT2D eigenvalue weighted by atomic mass is 10.1. The molecule has 7 heteroatoms. The van der Waals surface area contributed by atoms with Crippen molar-refractivity contribution in [3.8, 4) is 0 Å². The number of hydrogen-bond acceptors (Lipinski definition) is 4. The quantitative estimate of drug-likeness (QED) is 0.556. The first-order valence-corrected chi connectivity index (χ1v) is 10.2. The molecule has 5 nitrogen and oxygen atoms in total. The topological polar surface area (TPSA) is 75.3 Å². The Hall–Kier alpha value is -1.83. The van der Waals surface area contributed by atoms with E-state index in [-0.39, 0.29) is 19.0 Å². The molecule has 0 fully saturated rings. The summed E-state index contributed by atoms with van der Waals surface area (Å²) in [6.07, 6.45) is 1.09.